The molecule has 1 heterocycles. The van der Waals surface area contributed by atoms with Gasteiger partial charge in [-0.3, -0.25) is 9.59 Å². The minimum atomic E-state index is -3.60. The van der Waals surface area contributed by atoms with Crippen LogP contribution in [0.3, 0.4) is 0 Å². The summed E-state index contributed by atoms with van der Waals surface area (Å²) in [5, 5.41) is 2.81. The lowest BCUT2D eigenvalue weighted by Crippen LogP contribution is -2.50. The van der Waals surface area contributed by atoms with Gasteiger partial charge in [-0.05, 0) is 73.5 Å². The number of carbonyl (C=O) groups is 2. The summed E-state index contributed by atoms with van der Waals surface area (Å²) >= 11 is 0. The number of hydrogen-bond acceptors (Lipinski definition) is 4. The molecule has 3 aromatic rings. The highest BCUT2D eigenvalue weighted by atomic mass is 32.2. The number of nitrogens with one attached hydrogen (secondary N) is 1. The first kappa shape index (κ1) is 23.7. The molecule has 4 rings (SSSR count). The van der Waals surface area contributed by atoms with E-state index >= 15 is 0 Å². The number of aryl methyl sites for hydroxylation is 2. The molecule has 1 fully saturated rings. The van der Waals surface area contributed by atoms with E-state index in [-0.39, 0.29) is 29.8 Å². The van der Waals surface area contributed by atoms with E-state index in [9.17, 15) is 18.0 Å². The largest absolute Gasteiger partial charge is 0.336 e. The first-order valence-electron chi connectivity index (χ1n) is 11.1. The van der Waals surface area contributed by atoms with Crippen LogP contribution in [0.2, 0.25) is 0 Å². The zero-order valence-corrected chi connectivity index (χ0v) is 20.0. The van der Waals surface area contributed by atoms with Gasteiger partial charge in [0.25, 0.3) is 11.8 Å². The van der Waals surface area contributed by atoms with E-state index in [1.165, 1.54) is 4.31 Å². The number of rotatable bonds is 5. The van der Waals surface area contributed by atoms with Crippen molar-refractivity contribution in [3.05, 3.63) is 95.1 Å². The highest BCUT2D eigenvalue weighted by molar-refractivity contribution is 7.89. The van der Waals surface area contributed by atoms with Crippen LogP contribution < -0.4 is 5.32 Å². The van der Waals surface area contributed by atoms with Crippen LogP contribution >= 0.6 is 0 Å². The minimum Gasteiger partial charge on any atom is -0.336 e. The lowest BCUT2D eigenvalue weighted by molar-refractivity contribution is 0.0698. The van der Waals surface area contributed by atoms with Crippen molar-refractivity contribution >= 4 is 27.5 Å². The Morgan fingerprint density at radius 2 is 1.41 bits per heavy atom. The van der Waals surface area contributed by atoms with Crippen molar-refractivity contribution in [3.8, 4) is 0 Å². The van der Waals surface area contributed by atoms with Crippen molar-refractivity contribution in [1.29, 1.82) is 0 Å². The van der Waals surface area contributed by atoms with Crippen LogP contribution in [0.25, 0.3) is 0 Å². The molecule has 176 valence electrons. The van der Waals surface area contributed by atoms with E-state index in [1.807, 2.05) is 26.0 Å². The second-order valence-electron chi connectivity index (χ2n) is 8.34. The van der Waals surface area contributed by atoms with Crippen LogP contribution in [-0.4, -0.2) is 55.6 Å². The Morgan fingerprint density at radius 3 is 2.03 bits per heavy atom. The number of carbonyl (C=O) groups excluding carboxylic acids is 2. The average Bonchev–Trinajstić information content (AvgIpc) is 2.86. The van der Waals surface area contributed by atoms with Crippen molar-refractivity contribution in [2.75, 3.05) is 31.5 Å². The maximum atomic E-state index is 13.0. The zero-order chi connectivity index (χ0) is 24.3. The molecule has 1 N–H and O–H groups in total. The van der Waals surface area contributed by atoms with Gasteiger partial charge in [-0.25, -0.2) is 8.42 Å². The zero-order valence-electron chi connectivity index (χ0n) is 19.2. The fourth-order valence-corrected chi connectivity index (χ4v) is 5.33. The van der Waals surface area contributed by atoms with Gasteiger partial charge in [0.1, 0.15) is 0 Å². The quantitative estimate of drug-likeness (QED) is 0.607. The second-order valence-corrected chi connectivity index (χ2v) is 10.3. The van der Waals surface area contributed by atoms with Crippen LogP contribution in [-0.2, 0) is 10.0 Å². The summed E-state index contributed by atoms with van der Waals surface area (Å²) in [6.07, 6.45) is 0. The van der Waals surface area contributed by atoms with Crippen molar-refractivity contribution in [2.45, 2.75) is 18.7 Å². The second kappa shape index (κ2) is 9.79. The van der Waals surface area contributed by atoms with Crippen LogP contribution in [0.4, 0.5) is 5.69 Å². The Morgan fingerprint density at radius 1 is 0.765 bits per heavy atom. The summed E-state index contributed by atoms with van der Waals surface area (Å²) in [7, 11) is -3.60. The average molecular weight is 478 g/mol. The van der Waals surface area contributed by atoms with Gasteiger partial charge in [-0.2, -0.15) is 4.31 Å². The molecule has 1 saturated heterocycles. The summed E-state index contributed by atoms with van der Waals surface area (Å²) in [5.41, 5.74) is 3.60. The van der Waals surface area contributed by atoms with E-state index < -0.39 is 10.0 Å². The molecule has 0 unspecified atom stereocenters. The van der Waals surface area contributed by atoms with Gasteiger partial charge >= 0.3 is 0 Å². The topological polar surface area (TPSA) is 86.8 Å². The molecule has 0 spiro atoms. The normalized spacial score (nSPS) is 14.6. The number of amides is 2. The molecular weight excluding hydrogens is 450 g/mol. The SMILES string of the molecule is Cc1ccc(S(=O)(=O)N2CCN(C(=O)c3ccc(NC(=O)c4ccccc4)cc3)CC2)cc1C. The lowest BCUT2D eigenvalue weighted by Gasteiger charge is -2.34. The number of anilines is 1. The van der Waals surface area contributed by atoms with Gasteiger partial charge in [0.2, 0.25) is 10.0 Å². The Bertz CT molecular complexity index is 1300. The predicted molar refractivity (Wildman–Crippen MR) is 131 cm³/mol. The Labute approximate surface area is 200 Å². The van der Waals surface area contributed by atoms with Crippen LogP contribution in [0, 0.1) is 13.8 Å². The monoisotopic (exact) mass is 477 g/mol. The van der Waals surface area contributed by atoms with Crippen LogP contribution in [0.1, 0.15) is 31.8 Å². The number of benzene rings is 3. The highest BCUT2D eigenvalue weighted by Gasteiger charge is 2.30. The lowest BCUT2D eigenvalue weighted by atomic mass is 10.1. The van der Waals surface area contributed by atoms with Crippen molar-refractivity contribution in [1.82, 2.24) is 9.21 Å². The summed E-state index contributed by atoms with van der Waals surface area (Å²) in [6, 6.07) is 20.7. The van der Waals surface area contributed by atoms with E-state index in [4.69, 9.17) is 0 Å². The standard InChI is InChI=1S/C26H27N3O4S/c1-19-8-13-24(18-20(19)2)34(32,33)29-16-14-28(15-17-29)26(31)22-9-11-23(12-10-22)27-25(30)21-6-4-3-5-7-21/h3-13,18H,14-17H2,1-2H3,(H,27,30). The molecule has 3 aromatic carbocycles. The Hall–Kier alpha value is -3.49. The number of hydrogen-bond donors (Lipinski definition) is 1. The number of piperazine rings is 1. The van der Waals surface area contributed by atoms with E-state index in [0.29, 0.717) is 29.9 Å². The van der Waals surface area contributed by atoms with Gasteiger partial charge in [-0.1, -0.05) is 24.3 Å². The van der Waals surface area contributed by atoms with Crippen molar-refractivity contribution < 1.29 is 18.0 Å². The molecule has 0 radical (unpaired) electrons. The number of sulfonamides is 1. The number of nitrogens with zero attached hydrogens (tertiary/aromatic N) is 2. The molecule has 8 heteroatoms. The maximum absolute atomic E-state index is 13.0. The smallest absolute Gasteiger partial charge is 0.255 e. The maximum Gasteiger partial charge on any atom is 0.255 e. The third kappa shape index (κ3) is 5.03. The molecular formula is C26H27N3O4S. The first-order valence-corrected chi connectivity index (χ1v) is 12.5. The van der Waals surface area contributed by atoms with Gasteiger partial charge in [-0.15, -0.1) is 0 Å². The summed E-state index contributed by atoms with van der Waals surface area (Å²) in [6.45, 7) is 4.95. The predicted octanol–water partition coefficient (Wildman–Crippen LogP) is 3.70. The third-order valence-electron chi connectivity index (χ3n) is 6.07. The molecule has 0 atom stereocenters. The van der Waals surface area contributed by atoms with E-state index in [2.05, 4.69) is 5.32 Å². The summed E-state index contributed by atoms with van der Waals surface area (Å²) in [5.74, 6) is -0.384. The molecule has 0 bridgehead atoms. The van der Waals surface area contributed by atoms with Gasteiger partial charge in [0.05, 0.1) is 4.90 Å². The first-order chi connectivity index (χ1) is 16.3. The highest BCUT2D eigenvalue weighted by Crippen LogP contribution is 2.21. The molecule has 0 saturated carbocycles. The fraction of sp³-hybridized carbons (Fsp3) is 0.231. The van der Waals surface area contributed by atoms with Crippen molar-refractivity contribution in [3.63, 3.8) is 0 Å². The van der Waals surface area contributed by atoms with E-state index in [0.717, 1.165) is 11.1 Å². The molecule has 34 heavy (non-hydrogen) atoms. The van der Waals surface area contributed by atoms with Gasteiger partial charge in [0.15, 0.2) is 0 Å². The van der Waals surface area contributed by atoms with Gasteiger partial charge < -0.3 is 10.2 Å². The minimum absolute atomic E-state index is 0.163. The molecule has 2 amide bonds. The van der Waals surface area contributed by atoms with Crippen LogP contribution in [0.5, 0.6) is 0 Å². The molecule has 1 aliphatic heterocycles. The summed E-state index contributed by atoms with van der Waals surface area (Å²) in [4.78, 5) is 27.2. The van der Waals surface area contributed by atoms with Gasteiger partial charge in [0, 0.05) is 43.0 Å². The summed E-state index contributed by atoms with van der Waals surface area (Å²) < 4.78 is 27.5. The Kier molecular flexibility index (Phi) is 6.81. The van der Waals surface area contributed by atoms with E-state index in [1.54, 1.807) is 65.6 Å². The fourth-order valence-electron chi connectivity index (χ4n) is 3.83. The molecule has 1 aliphatic rings. The Balaban J connectivity index is 1.36. The molecule has 0 aliphatic carbocycles. The molecule has 7 nitrogen and oxygen atoms in total. The van der Waals surface area contributed by atoms with Crippen LogP contribution in [0.15, 0.2) is 77.7 Å². The van der Waals surface area contributed by atoms with Crippen molar-refractivity contribution in [2.24, 2.45) is 0 Å². The molecule has 0 aromatic heterocycles. The third-order valence-corrected chi connectivity index (χ3v) is 7.96.